The maximum atomic E-state index is 5.35. The Morgan fingerprint density at radius 1 is 1.16 bits per heavy atom. The van der Waals surface area contributed by atoms with Crippen LogP contribution in [0.3, 0.4) is 0 Å². The van der Waals surface area contributed by atoms with Gasteiger partial charge in [-0.05, 0) is 20.8 Å². The third kappa shape index (κ3) is 3.13. The zero-order valence-electron chi connectivity index (χ0n) is 12.5. The average Bonchev–Trinajstić information content (AvgIpc) is 2.40. The van der Waals surface area contributed by atoms with Crippen molar-refractivity contribution >= 4 is 5.69 Å². The summed E-state index contributed by atoms with van der Waals surface area (Å²) >= 11 is 0. The van der Waals surface area contributed by atoms with Gasteiger partial charge in [0.25, 0.3) is 0 Å². The lowest BCUT2D eigenvalue weighted by molar-refractivity contribution is 0.317. The molecule has 2 rings (SSSR count). The number of nitrogens with one attached hydrogen (secondary N) is 1. The predicted octanol–water partition coefficient (Wildman–Crippen LogP) is 2.28. The van der Waals surface area contributed by atoms with Gasteiger partial charge in [0.15, 0.2) is 0 Å². The van der Waals surface area contributed by atoms with Gasteiger partial charge in [-0.1, -0.05) is 0 Å². The molecule has 1 aliphatic heterocycles. The van der Waals surface area contributed by atoms with E-state index >= 15 is 0 Å². The van der Waals surface area contributed by atoms with Crippen LogP contribution in [-0.2, 0) is 0 Å². The summed E-state index contributed by atoms with van der Waals surface area (Å²) in [5, 5.41) is 3.56. The van der Waals surface area contributed by atoms with E-state index in [-0.39, 0.29) is 5.54 Å². The summed E-state index contributed by atoms with van der Waals surface area (Å²) in [6.45, 7) is 8.62. The second-order valence-corrected chi connectivity index (χ2v) is 5.81. The van der Waals surface area contributed by atoms with E-state index in [1.807, 2.05) is 6.07 Å². The minimum absolute atomic E-state index is 0.114. The maximum absolute atomic E-state index is 5.35. The Morgan fingerprint density at radius 3 is 2.26 bits per heavy atom. The van der Waals surface area contributed by atoms with Crippen molar-refractivity contribution < 1.29 is 9.47 Å². The lowest BCUT2D eigenvalue weighted by Gasteiger charge is -2.44. The molecule has 1 unspecified atom stereocenters. The lowest BCUT2D eigenvalue weighted by atomic mass is 9.98. The van der Waals surface area contributed by atoms with Gasteiger partial charge in [0, 0.05) is 48.6 Å². The van der Waals surface area contributed by atoms with Gasteiger partial charge in [-0.15, -0.1) is 0 Å². The topological polar surface area (TPSA) is 33.7 Å². The zero-order chi connectivity index (χ0) is 14.0. The minimum Gasteiger partial charge on any atom is -0.497 e. The van der Waals surface area contributed by atoms with Crippen LogP contribution in [0, 0.1) is 0 Å². The highest BCUT2D eigenvalue weighted by molar-refractivity contribution is 5.57. The highest BCUT2D eigenvalue weighted by atomic mass is 16.5. The number of anilines is 1. The predicted molar refractivity (Wildman–Crippen MR) is 78.4 cm³/mol. The molecule has 0 spiro atoms. The Kier molecular flexibility index (Phi) is 3.90. The number of methoxy groups -OCH3 is 2. The molecule has 1 saturated heterocycles. The molecule has 0 aromatic heterocycles. The van der Waals surface area contributed by atoms with Crippen molar-refractivity contribution in [3.63, 3.8) is 0 Å². The molecule has 1 fully saturated rings. The zero-order valence-corrected chi connectivity index (χ0v) is 12.5. The van der Waals surface area contributed by atoms with Crippen molar-refractivity contribution in [2.45, 2.75) is 32.4 Å². The van der Waals surface area contributed by atoms with Crippen LogP contribution in [-0.4, -0.2) is 38.9 Å². The smallest absolute Gasteiger partial charge is 0.124 e. The van der Waals surface area contributed by atoms with E-state index in [0.717, 1.165) is 30.3 Å². The van der Waals surface area contributed by atoms with Gasteiger partial charge in [0.1, 0.15) is 11.5 Å². The Labute approximate surface area is 115 Å². The second-order valence-electron chi connectivity index (χ2n) is 5.81. The van der Waals surface area contributed by atoms with Crippen molar-refractivity contribution in [2.24, 2.45) is 0 Å². The Morgan fingerprint density at radius 2 is 1.74 bits per heavy atom. The first kappa shape index (κ1) is 14.0. The second kappa shape index (κ2) is 5.29. The van der Waals surface area contributed by atoms with Gasteiger partial charge in [-0.25, -0.2) is 0 Å². The van der Waals surface area contributed by atoms with Crippen molar-refractivity contribution in [3.05, 3.63) is 18.2 Å². The van der Waals surface area contributed by atoms with Gasteiger partial charge >= 0.3 is 0 Å². The SMILES string of the molecule is COc1cc(OC)cc(N2CC(C)(C)NCC2C)c1. The van der Waals surface area contributed by atoms with Gasteiger partial charge < -0.3 is 19.7 Å². The summed E-state index contributed by atoms with van der Waals surface area (Å²) in [6, 6.07) is 6.49. The summed E-state index contributed by atoms with van der Waals surface area (Å²) in [5.74, 6) is 1.66. The molecule has 0 amide bonds. The first-order valence-corrected chi connectivity index (χ1v) is 6.70. The van der Waals surface area contributed by atoms with Crippen LogP contribution < -0.4 is 19.7 Å². The molecule has 19 heavy (non-hydrogen) atoms. The van der Waals surface area contributed by atoms with E-state index < -0.39 is 0 Å². The fourth-order valence-corrected chi connectivity index (χ4v) is 2.48. The summed E-state index contributed by atoms with van der Waals surface area (Å²) in [4.78, 5) is 2.40. The first-order chi connectivity index (χ1) is 8.95. The molecule has 1 aliphatic rings. The summed E-state index contributed by atoms with van der Waals surface area (Å²) in [5.41, 5.74) is 1.27. The molecule has 0 bridgehead atoms. The average molecular weight is 264 g/mol. The Bertz CT molecular complexity index is 424. The van der Waals surface area contributed by atoms with Gasteiger partial charge in [-0.3, -0.25) is 0 Å². The molecule has 1 heterocycles. The van der Waals surface area contributed by atoms with E-state index in [2.05, 4.69) is 43.1 Å². The van der Waals surface area contributed by atoms with Crippen LogP contribution in [0.2, 0.25) is 0 Å². The Balaban J connectivity index is 2.33. The van der Waals surface area contributed by atoms with Gasteiger partial charge in [0.2, 0.25) is 0 Å². The third-order valence-corrected chi connectivity index (χ3v) is 3.64. The van der Waals surface area contributed by atoms with Crippen LogP contribution >= 0.6 is 0 Å². The van der Waals surface area contributed by atoms with Crippen molar-refractivity contribution in [1.82, 2.24) is 5.32 Å². The van der Waals surface area contributed by atoms with Gasteiger partial charge in [-0.2, -0.15) is 0 Å². The summed E-state index contributed by atoms with van der Waals surface area (Å²) in [7, 11) is 3.37. The molecule has 0 aliphatic carbocycles. The van der Waals surface area contributed by atoms with Crippen LogP contribution in [0.1, 0.15) is 20.8 Å². The lowest BCUT2D eigenvalue weighted by Crippen LogP contribution is -2.61. The van der Waals surface area contributed by atoms with E-state index in [9.17, 15) is 0 Å². The number of piperazine rings is 1. The van der Waals surface area contributed by atoms with Crippen molar-refractivity contribution in [3.8, 4) is 11.5 Å². The Hall–Kier alpha value is -1.42. The number of nitrogens with zero attached hydrogens (tertiary/aromatic N) is 1. The van der Waals surface area contributed by atoms with Gasteiger partial charge in [0.05, 0.1) is 14.2 Å². The van der Waals surface area contributed by atoms with E-state index in [4.69, 9.17) is 9.47 Å². The van der Waals surface area contributed by atoms with Crippen LogP contribution in [0.5, 0.6) is 11.5 Å². The molecule has 0 radical (unpaired) electrons. The first-order valence-electron chi connectivity index (χ1n) is 6.70. The molecular formula is C15H24N2O2. The normalized spacial score (nSPS) is 22.2. The molecule has 4 heteroatoms. The monoisotopic (exact) mass is 264 g/mol. The van der Waals surface area contributed by atoms with Crippen LogP contribution in [0.25, 0.3) is 0 Å². The summed E-state index contributed by atoms with van der Waals surface area (Å²) < 4.78 is 10.7. The number of rotatable bonds is 3. The number of benzene rings is 1. The number of hydrogen-bond acceptors (Lipinski definition) is 4. The van der Waals surface area contributed by atoms with Crippen LogP contribution in [0.4, 0.5) is 5.69 Å². The molecule has 1 aromatic rings. The fraction of sp³-hybridized carbons (Fsp3) is 0.600. The molecule has 1 aromatic carbocycles. The van der Waals surface area contributed by atoms with E-state index in [0.29, 0.717) is 6.04 Å². The fourth-order valence-electron chi connectivity index (χ4n) is 2.48. The number of ether oxygens (including phenoxy) is 2. The molecule has 4 nitrogen and oxygen atoms in total. The third-order valence-electron chi connectivity index (χ3n) is 3.64. The minimum atomic E-state index is 0.114. The molecule has 1 atom stereocenters. The quantitative estimate of drug-likeness (QED) is 0.908. The molecule has 106 valence electrons. The highest BCUT2D eigenvalue weighted by Gasteiger charge is 2.30. The molecular weight excluding hydrogens is 240 g/mol. The molecule has 0 saturated carbocycles. The van der Waals surface area contributed by atoms with Crippen molar-refractivity contribution in [2.75, 3.05) is 32.2 Å². The number of hydrogen-bond donors (Lipinski definition) is 1. The van der Waals surface area contributed by atoms with Crippen molar-refractivity contribution in [1.29, 1.82) is 0 Å². The van der Waals surface area contributed by atoms with Crippen LogP contribution in [0.15, 0.2) is 18.2 Å². The maximum Gasteiger partial charge on any atom is 0.124 e. The summed E-state index contributed by atoms with van der Waals surface area (Å²) in [6.07, 6.45) is 0. The van der Waals surface area contributed by atoms with E-state index in [1.54, 1.807) is 14.2 Å². The van der Waals surface area contributed by atoms with E-state index in [1.165, 1.54) is 0 Å². The molecule has 1 N–H and O–H groups in total. The highest BCUT2D eigenvalue weighted by Crippen LogP contribution is 2.31. The standard InChI is InChI=1S/C15H24N2O2/c1-11-9-16-15(2,3)10-17(11)12-6-13(18-4)8-14(7-12)19-5/h6-8,11,16H,9-10H2,1-5H3. The largest absolute Gasteiger partial charge is 0.497 e.